The molecule has 0 saturated carbocycles. The molecule has 3 heteroatoms. The zero-order valence-electron chi connectivity index (χ0n) is 11.0. The minimum absolute atomic E-state index is 0.0206. The van der Waals surface area contributed by atoms with Crippen LogP contribution in [-0.4, -0.2) is 12.5 Å². The number of benzene rings is 2. The summed E-state index contributed by atoms with van der Waals surface area (Å²) in [6, 6.07) is 16.7. The van der Waals surface area contributed by atoms with Crippen LogP contribution in [0.4, 0.5) is 11.4 Å². The number of nitrogens with two attached hydrogens (primary N) is 1. The van der Waals surface area contributed by atoms with Crippen LogP contribution in [0.25, 0.3) is 0 Å². The van der Waals surface area contributed by atoms with Crippen molar-refractivity contribution < 1.29 is 4.79 Å². The minimum Gasteiger partial charge on any atom is -0.399 e. The number of anilines is 2. The Kier molecular flexibility index (Phi) is 4.18. The van der Waals surface area contributed by atoms with Crippen molar-refractivity contribution in [3.63, 3.8) is 0 Å². The average Bonchev–Trinajstić information content (AvgIpc) is 2.46. The number of amides is 1. The lowest BCUT2D eigenvalue weighted by atomic mass is 10.1. The molecule has 0 aliphatic heterocycles. The quantitative estimate of drug-likeness (QED) is 0.851. The minimum atomic E-state index is 0.0206. The number of rotatable bonds is 4. The fourth-order valence-electron chi connectivity index (χ4n) is 1.96. The summed E-state index contributed by atoms with van der Waals surface area (Å²) in [5, 5.41) is 0. The molecule has 0 unspecified atom stereocenters. The van der Waals surface area contributed by atoms with Crippen LogP contribution >= 0.6 is 0 Å². The van der Waals surface area contributed by atoms with Crippen molar-refractivity contribution in [1.82, 2.24) is 0 Å². The lowest BCUT2D eigenvalue weighted by Crippen LogP contribution is -2.31. The number of hydrogen-bond acceptors (Lipinski definition) is 2. The molecule has 3 nitrogen and oxygen atoms in total. The summed E-state index contributed by atoms with van der Waals surface area (Å²) in [6.45, 7) is 2.75. The Morgan fingerprint density at radius 3 is 2.26 bits per heavy atom. The number of nitrogens with zero attached hydrogens (tertiary/aromatic N) is 1. The molecule has 0 bridgehead atoms. The second kappa shape index (κ2) is 6.05. The Hall–Kier alpha value is -2.29. The Balaban J connectivity index is 2.30. The van der Waals surface area contributed by atoms with Gasteiger partial charge in [0, 0.05) is 23.5 Å². The monoisotopic (exact) mass is 254 g/mol. The predicted octanol–water partition coefficient (Wildman–Crippen LogP) is 3.33. The van der Waals surface area contributed by atoms with Gasteiger partial charge in [-0.1, -0.05) is 25.1 Å². The highest BCUT2D eigenvalue weighted by Crippen LogP contribution is 2.19. The van der Waals surface area contributed by atoms with E-state index in [-0.39, 0.29) is 5.91 Å². The third-order valence-corrected chi connectivity index (χ3v) is 2.92. The molecular weight excluding hydrogens is 236 g/mol. The average molecular weight is 254 g/mol. The van der Waals surface area contributed by atoms with Crippen molar-refractivity contribution in [1.29, 1.82) is 0 Å². The molecule has 2 aromatic rings. The van der Waals surface area contributed by atoms with Crippen LogP contribution in [0.5, 0.6) is 0 Å². The molecule has 0 aliphatic rings. The Morgan fingerprint density at radius 1 is 1.05 bits per heavy atom. The Bertz CT molecular complexity index is 534. The first kappa shape index (κ1) is 13.1. The van der Waals surface area contributed by atoms with Crippen LogP contribution in [0.2, 0.25) is 0 Å². The molecule has 0 atom stereocenters. The van der Waals surface area contributed by atoms with Gasteiger partial charge in [0.15, 0.2) is 0 Å². The zero-order chi connectivity index (χ0) is 13.7. The van der Waals surface area contributed by atoms with Crippen molar-refractivity contribution in [3.8, 4) is 0 Å². The van der Waals surface area contributed by atoms with Gasteiger partial charge in [0.05, 0.1) is 0 Å². The van der Waals surface area contributed by atoms with E-state index in [9.17, 15) is 4.79 Å². The summed E-state index contributed by atoms with van der Waals surface area (Å²) in [6.07, 6.45) is 0.906. The molecule has 1 amide bonds. The van der Waals surface area contributed by atoms with Crippen LogP contribution in [0.3, 0.4) is 0 Å². The number of carbonyl (C=O) groups excluding carboxylic acids is 1. The molecule has 19 heavy (non-hydrogen) atoms. The van der Waals surface area contributed by atoms with E-state index in [4.69, 9.17) is 5.73 Å². The third-order valence-electron chi connectivity index (χ3n) is 2.92. The van der Waals surface area contributed by atoms with Crippen LogP contribution in [-0.2, 0) is 0 Å². The number of hydrogen-bond donors (Lipinski definition) is 1. The van der Waals surface area contributed by atoms with Gasteiger partial charge >= 0.3 is 0 Å². The molecule has 0 aliphatic carbocycles. The zero-order valence-corrected chi connectivity index (χ0v) is 11.0. The van der Waals surface area contributed by atoms with Gasteiger partial charge in [-0.2, -0.15) is 0 Å². The Morgan fingerprint density at radius 2 is 1.68 bits per heavy atom. The lowest BCUT2D eigenvalue weighted by Gasteiger charge is -2.22. The highest BCUT2D eigenvalue weighted by Gasteiger charge is 2.16. The Labute approximate surface area is 113 Å². The first-order valence-corrected chi connectivity index (χ1v) is 6.45. The largest absolute Gasteiger partial charge is 0.399 e. The van der Waals surface area contributed by atoms with E-state index in [1.54, 1.807) is 4.90 Å². The molecule has 98 valence electrons. The van der Waals surface area contributed by atoms with Crippen LogP contribution in [0.1, 0.15) is 23.7 Å². The maximum absolute atomic E-state index is 12.5. The molecule has 0 saturated heterocycles. The first-order chi connectivity index (χ1) is 9.22. The smallest absolute Gasteiger partial charge is 0.258 e. The van der Waals surface area contributed by atoms with Crippen molar-refractivity contribution in [2.45, 2.75) is 13.3 Å². The van der Waals surface area contributed by atoms with E-state index in [0.29, 0.717) is 17.8 Å². The van der Waals surface area contributed by atoms with Gasteiger partial charge in [0.1, 0.15) is 0 Å². The van der Waals surface area contributed by atoms with E-state index in [1.807, 2.05) is 54.6 Å². The van der Waals surface area contributed by atoms with Crippen molar-refractivity contribution in [3.05, 3.63) is 60.2 Å². The summed E-state index contributed by atoms with van der Waals surface area (Å²) >= 11 is 0. The second-order valence-corrected chi connectivity index (χ2v) is 4.41. The normalized spacial score (nSPS) is 10.2. The van der Waals surface area contributed by atoms with Crippen molar-refractivity contribution >= 4 is 17.3 Å². The van der Waals surface area contributed by atoms with E-state index < -0.39 is 0 Å². The van der Waals surface area contributed by atoms with E-state index >= 15 is 0 Å². The summed E-state index contributed by atoms with van der Waals surface area (Å²) in [7, 11) is 0. The maximum atomic E-state index is 12.5. The SMILES string of the molecule is CCCN(C(=O)c1ccccc1)c1ccc(N)cc1. The molecule has 2 rings (SSSR count). The topological polar surface area (TPSA) is 46.3 Å². The maximum Gasteiger partial charge on any atom is 0.258 e. The summed E-state index contributed by atoms with van der Waals surface area (Å²) in [5.41, 5.74) is 7.97. The van der Waals surface area contributed by atoms with E-state index in [1.165, 1.54) is 0 Å². The van der Waals surface area contributed by atoms with Crippen LogP contribution in [0, 0.1) is 0 Å². The van der Waals surface area contributed by atoms with Gasteiger partial charge in [0.25, 0.3) is 5.91 Å². The molecule has 0 fully saturated rings. The molecule has 2 aromatic carbocycles. The van der Waals surface area contributed by atoms with Crippen molar-refractivity contribution in [2.75, 3.05) is 17.2 Å². The lowest BCUT2D eigenvalue weighted by molar-refractivity contribution is 0.0987. The highest BCUT2D eigenvalue weighted by atomic mass is 16.2. The van der Waals surface area contributed by atoms with Gasteiger partial charge in [0.2, 0.25) is 0 Å². The van der Waals surface area contributed by atoms with E-state index in [0.717, 1.165) is 12.1 Å². The van der Waals surface area contributed by atoms with Crippen LogP contribution in [0.15, 0.2) is 54.6 Å². The van der Waals surface area contributed by atoms with Gasteiger partial charge < -0.3 is 10.6 Å². The predicted molar refractivity (Wildman–Crippen MR) is 79.3 cm³/mol. The standard InChI is InChI=1S/C16H18N2O/c1-2-12-18(15-10-8-14(17)9-11-15)16(19)13-6-4-3-5-7-13/h3-11H,2,12,17H2,1H3. The van der Waals surface area contributed by atoms with Gasteiger partial charge in [-0.25, -0.2) is 0 Å². The molecule has 0 aromatic heterocycles. The number of nitrogen functional groups attached to an aromatic ring is 1. The summed E-state index contributed by atoms with van der Waals surface area (Å²) < 4.78 is 0. The number of carbonyl (C=O) groups is 1. The molecule has 0 heterocycles. The summed E-state index contributed by atoms with van der Waals surface area (Å²) in [4.78, 5) is 14.3. The third kappa shape index (κ3) is 3.13. The summed E-state index contributed by atoms with van der Waals surface area (Å²) in [5.74, 6) is 0.0206. The first-order valence-electron chi connectivity index (χ1n) is 6.45. The fourth-order valence-corrected chi connectivity index (χ4v) is 1.96. The highest BCUT2D eigenvalue weighted by molar-refractivity contribution is 6.06. The molecule has 2 N–H and O–H groups in total. The van der Waals surface area contributed by atoms with Crippen molar-refractivity contribution in [2.24, 2.45) is 0 Å². The fraction of sp³-hybridized carbons (Fsp3) is 0.188. The van der Waals surface area contributed by atoms with Gasteiger partial charge in [-0.15, -0.1) is 0 Å². The van der Waals surface area contributed by atoms with E-state index in [2.05, 4.69) is 6.92 Å². The second-order valence-electron chi connectivity index (χ2n) is 4.41. The molecule has 0 radical (unpaired) electrons. The van der Waals surface area contributed by atoms with Gasteiger partial charge in [-0.3, -0.25) is 4.79 Å². The van der Waals surface area contributed by atoms with Gasteiger partial charge in [-0.05, 0) is 42.8 Å². The molecular formula is C16H18N2O. The van der Waals surface area contributed by atoms with Crippen LogP contribution < -0.4 is 10.6 Å². The molecule has 0 spiro atoms.